The largest absolute Gasteiger partial charge is 0.515 e. The summed E-state index contributed by atoms with van der Waals surface area (Å²) in [5, 5.41) is 0. The molecular formula is C29H26BF8NOS. The average molecular weight is 599 g/mol. The summed E-state index contributed by atoms with van der Waals surface area (Å²) >= 11 is 0. The van der Waals surface area contributed by atoms with Gasteiger partial charge in [0.15, 0.2) is 17.5 Å². The molecule has 218 valence electrons. The number of halogens is 8. The van der Waals surface area contributed by atoms with E-state index in [1.165, 1.54) is 16.8 Å². The van der Waals surface area contributed by atoms with Gasteiger partial charge in [-0.25, -0.2) is 22.0 Å². The van der Waals surface area contributed by atoms with Crippen molar-refractivity contribution in [2.75, 3.05) is 17.4 Å². The van der Waals surface area contributed by atoms with Crippen molar-refractivity contribution in [1.29, 1.82) is 0 Å². The molecule has 0 aromatic heterocycles. The van der Waals surface area contributed by atoms with Crippen molar-refractivity contribution in [3.63, 3.8) is 0 Å². The molecule has 4 aromatic carbocycles. The first-order valence-corrected chi connectivity index (χ1v) is 14.8. The molecule has 0 bridgehead atoms. The molecule has 0 aliphatic rings. The van der Waals surface area contributed by atoms with Gasteiger partial charge in [-0.1, -0.05) is 72.8 Å². The predicted molar refractivity (Wildman–Crippen MR) is 148 cm³/mol. The van der Waals surface area contributed by atoms with Gasteiger partial charge < -0.3 is 17.8 Å². The minimum absolute atomic E-state index is 0.630. The third-order valence-corrected chi connectivity index (χ3v) is 6.85. The van der Waals surface area contributed by atoms with Gasteiger partial charge in [-0.05, 0) is 28.7 Å². The summed E-state index contributed by atoms with van der Waals surface area (Å²) in [7, 11) is -1.77. The van der Waals surface area contributed by atoms with Gasteiger partial charge in [0.1, 0.15) is 29.9 Å². The molecule has 41 heavy (non-hydrogen) atoms. The predicted octanol–water partition coefficient (Wildman–Crippen LogP) is 7.59. The fraction of sp³-hybridized carbons (Fsp3) is 0.172. The first kappa shape index (κ1) is 31.9. The number of rotatable bonds is 8. The maximum absolute atomic E-state index is 12.5. The lowest BCUT2D eigenvalue weighted by Gasteiger charge is -2.25. The van der Waals surface area contributed by atoms with Gasteiger partial charge in [0.25, 0.3) is 0 Å². The van der Waals surface area contributed by atoms with Gasteiger partial charge in [-0.15, -0.1) is 4.21 Å². The van der Waals surface area contributed by atoms with Crippen molar-refractivity contribution in [3.8, 4) is 0 Å². The lowest BCUT2D eigenvalue weighted by Crippen LogP contribution is -2.41. The lowest BCUT2D eigenvalue weighted by atomic mass is 9.79. The Morgan fingerprint density at radius 1 is 0.585 bits per heavy atom. The van der Waals surface area contributed by atoms with Crippen LogP contribution in [-0.4, -0.2) is 19.5 Å². The molecule has 0 fully saturated rings. The Labute approximate surface area is 234 Å². The van der Waals surface area contributed by atoms with Gasteiger partial charge in [0.2, 0.25) is 0 Å². The van der Waals surface area contributed by atoms with E-state index < -0.39 is 51.5 Å². The molecule has 0 saturated carbocycles. The molecule has 0 aliphatic heterocycles. The fourth-order valence-corrected chi connectivity index (χ4v) is 4.95. The van der Waals surface area contributed by atoms with Crippen LogP contribution in [0.15, 0.2) is 84.9 Å². The zero-order chi connectivity index (χ0) is 30.4. The van der Waals surface area contributed by atoms with Crippen molar-refractivity contribution < 1.29 is 39.1 Å². The average Bonchev–Trinajstić information content (AvgIpc) is 2.91. The molecule has 0 amide bonds. The number of benzene rings is 4. The van der Waals surface area contributed by atoms with Crippen LogP contribution >= 0.6 is 0 Å². The molecule has 0 atom stereocenters. The molecule has 0 N–H and O–H groups in total. The summed E-state index contributed by atoms with van der Waals surface area (Å²) in [4.78, 5) is 2.38. The molecule has 0 radical (unpaired) electrons. The van der Waals surface area contributed by atoms with E-state index in [2.05, 4.69) is 77.7 Å². The highest BCUT2D eigenvalue weighted by atomic mass is 32.2. The molecule has 4 aromatic rings. The molecule has 0 aliphatic carbocycles. The Hall–Kier alpha value is -3.67. The second-order valence-electron chi connectivity index (χ2n) is 9.63. The second kappa shape index (κ2) is 13.3. The Morgan fingerprint density at radius 3 is 1.34 bits per heavy atom. The summed E-state index contributed by atoms with van der Waals surface area (Å²) in [5.74, 6) is -12.9. The monoisotopic (exact) mass is 599 g/mol. The van der Waals surface area contributed by atoms with Gasteiger partial charge in [-0.2, -0.15) is 0 Å². The van der Waals surface area contributed by atoms with E-state index in [9.17, 15) is 39.1 Å². The standard InChI is InChI=1S/C23H26NOS.C6BF8/c1-26(2,25)19-22-13-15-23(16-14-22)24(17-20-9-5-3-6-10-20)18-21-11-7-4-8-12-21;8-2-1(7(13,14)15)3(9)5(11)6(12)4(2)10/h3-16H,17-19H2,1-2H3;/q+1;-1. The minimum atomic E-state index is -6.30. The molecule has 0 saturated heterocycles. The van der Waals surface area contributed by atoms with Crippen LogP contribution in [0.4, 0.5) is 40.6 Å². The topological polar surface area (TPSA) is 20.3 Å². The quantitative estimate of drug-likeness (QED) is 0.0684. The normalized spacial score (nSPS) is 11.6. The van der Waals surface area contributed by atoms with Crippen LogP contribution in [0.25, 0.3) is 0 Å². The van der Waals surface area contributed by atoms with Gasteiger partial charge >= 0.3 is 6.98 Å². The molecule has 12 heteroatoms. The van der Waals surface area contributed by atoms with E-state index >= 15 is 0 Å². The zero-order valence-corrected chi connectivity index (χ0v) is 22.9. The summed E-state index contributed by atoms with van der Waals surface area (Å²) in [6, 6.07) is 29.6. The molecule has 2 nitrogen and oxygen atoms in total. The number of hydrogen-bond donors (Lipinski definition) is 0. The molecule has 0 heterocycles. The van der Waals surface area contributed by atoms with Crippen molar-refractivity contribution >= 4 is 28.1 Å². The molecular weight excluding hydrogens is 573 g/mol. The van der Waals surface area contributed by atoms with Crippen molar-refractivity contribution in [3.05, 3.63) is 131 Å². The third kappa shape index (κ3) is 8.91. The lowest BCUT2D eigenvalue weighted by molar-refractivity contribution is 0.377. The van der Waals surface area contributed by atoms with Crippen LogP contribution in [0.3, 0.4) is 0 Å². The van der Waals surface area contributed by atoms with Crippen LogP contribution in [-0.2, 0) is 33.0 Å². The number of nitrogens with zero attached hydrogens (tertiary/aromatic N) is 1. The smallest absolute Gasteiger partial charge is 0.445 e. The van der Waals surface area contributed by atoms with Crippen LogP contribution in [0.2, 0.25) is 0 Å². The Morgan fingerprint density at radius 2 is 0.976 bits per heavy atom. The van der Waals surface area contributed by atoms with Gasteiger partial charge in [-0.3, -0.25) is 0 Å². The molecule has 4 rings (SSSR count). The van der Waals surface area contributed by atoms with Gasteiger partial charge in [0.05, 0.1) is 9.93 Å². The fourth-order valence-electron chi connectivity index (χ4n) is 3.96. The van der Waals surface area contributed by atoms with E-state index in [0.29, 0.717) is 5.75 Å². The van der Waals surface area contributed by atoms with E-state index in [1.54, 1.807) is 0 Å². The summed E-state index contributed by atoms with van der Waals surface area (Å²) < 4.78 is 110. The van der Waals surface area contributed by atoms with E-state index in [0.717, 1.165) is 18.7 Å². The first-order valence-electron chi connectivity index (χ1n) is 12.2. The highest BCUT2D eigenvalue weighted by molar-refractivity contribution is 8.00. The first-order chi connectivity index (χ1) is 19.2. The zero-order valence-electron chi connectivity index (χ0n) is 22.1. The van der Waals surface area contributed by atoms with Crippen LogP contribution in [0.1, 0.15) is 16.7 Å². The van der Waals surface area contributed by atoms with Crippen molar-refractivity contribution in [1.82, 2.24) is 0 Å². The summed E-state index contributed by atoms with van der Waals surface area (Å²) in [6.45, 7) is -4.60. The highest BCUT2D eigenvalue weighted by Crippen LogP contribution is 2.23. The van der Waals surface area contributed by atoms with Crippen LogP contribution in [0.5, 0.6) is 0 Å². The maximum Gasteiger partial charge on any atom is 0.515 e. The van der Waals surface area contributed by atoms with Crippen LogP contribution < -0.4 is 10.4 Å². The number of hydrogen-bond acceptors (Lipinski definition) is 2. The van der Waals surface area contributed by atoms with E-state index in [-0.39, 0.29) is 0 Å². The van der Waals surface area contributed by atoms with E-state index in [4.69, 9.17) is 0 Å². The summed E-state index contributed by atoms with van der Waals surface area (Å²) in [6.07, 6.45) is 3.63. The molecule has 0 unspecified atom stereocenters. The maximum atomic E-state index is 12.5. The summed E-state index contributed by atoms with van der Waals surface area (Å²) in [5.41, 5.74) is 2.16. The van der Waals surface area contributed by atoms with E-state index in [1.807, 2.05) is 24.6 Å². The molecule has 0 spiro atoms. The van der Waals surface area contributed by atoms with Crippen molar-refractivity contribution in [2.45, 2.75) is 18.8 Å². The third-order valence-electron chi connectivity index (χ3n) is 5.82. The minimum Gasteiger partial charge on any atom is -0.445 e. The second-order valence-corrected chi connectivity index (χ2v) is 12.8. The SMILES string of the molecule is C[S+](C)(=O)Cc1ccc(N(Cc2ccccc2)Cc2ccccc2)cc1.Fc1c(F)c(F)c([B-](F)(F)F)c(F)c1F. The number of anilines is 1. The van der Waals surface area contributed by atoms with Gasteiger partial charge in [0, 0.05) is 24.3 Å². The Bertz CT molecular complexity index is 1420. The highest BCUT2D eigenvalue weighted by Gasteiger charge is 2.37. The van der Waals surface area contributed by atoms with Crippen LogP contribution in [0, 0.1) is 29.1 Å². The van der Waals surface area contributed by atoms with Crippen molar-refractivity contribution in [2.24, 2.45) is 0 Å². The Kier molecular flexibility index (Phi) is 10.4. The Balaban J connectivity index is 0.000000263.